The molecule has 45 heavy (non-hydrogen) atoms. The summed E-state index contributed by atoms with van der Waals surface area (Å²) in [4.78, 5) is 29.9. The van der Waals surface area contributed by atoms with Crippen molar-refractivity contribution in [2.24, 2.45) is 0 Å². The lowest BCUT2D eigenvalue weighted by Gasteiger charge is -2.03. The molecule has 0 amide bonds. The largest absolute Gasteiger partial charge is 0.481 e. The van der Waals surface area contributed by atoms with Crippen LogP contribution in [0, 0.1) is 0 Å². The Kier molecular flexibility index (Phi) is 46.8. The van der Waals surface area contributed by atoms with E-state index in [4.69, 9.17) is 15.3 Å². The van der Waals surface area contributed by atoms with E-state index in [-0.39, 0.29) is 0 Å². The molecule has 0 saturated heterocycles. The molecule has 0 aromatic rings. The van der Waals surface area contributed by atoms with Crippen molar-refractivity contribution in [2.75, 3.05) is 0 Å². The van der Waals surface area contributed by atoms with Crippen molar-refractivity contribution in [2.45, 2.75) is 219 Å². The maximum atomic E-state index is 10.3. The van der Waals surface area contributed by atoms with E-state index in [1.807, 2.05) is 0 Å². The summed E-state index contributed by atoms with van der Waals surface area (Å²) < 4.78 is 0. The van der Waals surface area contributed by atoms with Gasteiger partial charge in [0, 0.05) is 18.9 Å². The Bertz CT molecular complexity index is 575. The van der Waals surface area contributed by atoms with Crippen LogP contribution in [0.1, 0.15) is 219 Å². The third-order valence-electron chi connectivity index (χ3n) is 8.16. The first kappa shape index (κ1) is 47.6. The molecule has 3 N–H and O–H groups in total. The molecule has 0 aliphatic carbocycles. The van der Waals surface area contributed by atoms with Crippen molar-refractivity contribution < 1.29 is 29.7 Å². The van der Waals surface area contributed by atoms with E-state index in [0.29, 0.717) is 12.8 Å². The van der Waals surface area contributed by atoms with Crippen LogP contribution < -0.4 is 0 Å². The molecule has 0 fully saturated rings. The minimum Gasteiger partial charge on any atom is -0.481 e. The quantitative estimate of drug-likeness (QED) is 0.0486. The zero-order valence-electron chi connectivity index (χ0n) is 30.0. The Labute approximate surface area is 279 Å². The van der Waals surface area contributed by atoms with Gasteiger partial charge in [-0.15, -0.1) is 0 Å². The molecule has 6 nitrogen and oxygen atoms in total. The molecule has 0 atom stereocenters. The molecule has 0 aliphatic rings. The maximum Gasteiger partial charge on any atom is 0.327 e. The minimum atomic E-state index is -0.981. The normalized spacial score (nSPS) is 10.4. The van der Waals surface area contributed by atoms with Crippen LogP contribution in [0.25, 0.3) is 0 Å². The Hall–Kier alpha value is -1.85. The second-order valence-corrected chi connectivity index (χ2v) is 12.7. The Morgan fingerprint density at radius 1 is 0.378 bits per heavy atom. The number of carbonyl (C=O) groups is 3. The van der Waals surface area contributed by atoms with Gasteiger partial charge in [0.25, 0.3) is 0 Å². The molecule has 0 aliphatic heterocycles. The molecule has 0 aromatic heterocycles. The molecule has 0 spiro atoms. The molecule has 0 rings (SSSR count). The number of carboxylic acid groups (broad SMARTS) is 3. The zero-order valence-corrected chi connectivity index (χ0v) is 30.0. The topological polar surface area (TPSA) is 112 Å². The maximum absolute atomic E-state index is 10.3. The Morgan fingerprint density at radius 3 is 0.667 bits per heavy atom. The molecule has 0 aromatic carbocycles. The monoisotopic (exact) mass is 641 g/mol. The van der Waals surface area contributed by atoms with Gasteiger partial charge in [-0.3, -0.25) is 9.59 Å². The molecule has 0 radical (unpaired) electrons. The van der Waals surface area contributed by atoms with E-state index < -0.39 is 17.9 Å². The van der Waals surface area contributed by atoms with Gasteiger partial charge >= 0.3 is 17.9 Å². The van der Waals surface area contributed by atoms with E-state index in [1.54, 1.807) is 0 Å². The average Bonchev–Trinajstić information content (AvgIpc) is 3.01. The number of hydrogen-bond acceptors (Lipinski definition) is 3. The van der Waals surface area contributed by atoms with Crippen LogP contribution in [0.5, 0.6) is 0 Å². The van der Waals surface area contributed by atoms with Gasteiger partial charge in [0.15, 0.2) is 0 Å². The van der Waals surface area contributed by atoms with Gasteiger partial charge in [-0.25, -0.2) is 4.79 Å². The summed E-state index contributed by atoms with van der Waals surface area (Å²) in [6.07, 6.45) is 41.2. The van der Waals surface area contributed by atoms with Crippen LogP contribution in [0.15, 0.2) is 12.7 Å². The van der Waals surface area contributed by atoms with E-state index in [0.717, 1.165) is 31.8 Å². The van der Waals surface area contributed by atoms with Crippen molar-refractivity contribution in [3.63, 3.8) is 0 Å². The minimum absolute atomic E-state index is 0.345. The summed E-state index contributed by atoms with van der Waals surface area (Å²) in [7, 11) is 0. The molecule has 6 heteroatoms. The highest BCUT2D eigenvalue weighted by Crippen LogP contribution is 2.15. The van der Waals surface area contributed by atoms with Crippen LogP contribution >= 0.6 is 0 Å². The lowest BCUT2D eigenvalue weighted by atomic mass is 10.0. The lowest BCUT2D eigenvalue weighted by Crippen LogP contribution is -1.93. The summed E-state index contributed by atoms with van der Waals surface area (Å²) in [5, 5.41) is 24.6. The number of aliphatic carboxylic acids is 3. The van der Waals surface area contributed by atoms with Gasteiger partial charge in [0.05, 0.1) is 0 Å². The van der Waals surface area contributed by atoms with E-state index in [2.05, 4.69) is 20.4 Å². The van der Waals surface area contributed by atoms with Crippen molar-refractivity contribution in [3.8, 4) is 0 Å². The highest BCUT2D eigenvalue weighted by atomic mass is 16.4. The number of rotatable bonds is 33. The standard InChI is InChI=1S/2C18H36O2.C3H4O2/c2*1-2-3-4-5-6-7-8-9-10-11-12-13-14-15-16-17-18(19)20;1-2-3(4)5/h2*2-17H2,1H3,(H,19,20);2H,1H2,(H,4,5). The molecule has 0 bridgehead atoms. The van der Waals surface area contributed by atoms with Crippen LogP contribution in [0.3, 0.4) is 0 Å². The third-order valence-corrected chi connectivity index (χ3v) is 8.16. The summed E-state index contributed by atoms with van der Waals surface area (Å²) in [5.74, 6) is -2.29. The highest BCUT2D eigenvalue weighted by molar-refractivity contribution is 5.78. The van der Waals surface area contributed by atoms with E-state index in [9.17, 15) is 14.4 Å². The summed E-state index contributed by atoms with van der Waals surface area (Å²) in [6, 6.07) is 0. The average molecular weight is 641 g/mol. The second-order valence-electron chi connectivity index (χ2n) is 12.7. The molecular formula is C39H76O6. The second kappa shape index (κ2) is 44.3. The van der Waals surface area contributed by atoms with Crippen LogP contribution in [-0.2, 0) is 14.4 Å². The number of hydrogen-bond donors (Lipinski definition) is 3. The predicted molar refractivity (Wildman–Crippen MR) is 192 cm³/mol. The van der Waals surface area contributed by atoms with Crippen LogP contribution in [0.4, 0.5) is 0 Å². The van der Waals surface area contributed by atoms with Crippen LogP contribution in [-0.4, -0.2) is 33.2 Å². The first-order valence-electron chi connectivity index (χ1n) is 19.1. The Balaban J connectivity index is -0.000000680. The molecular weight excluding hydrogens is 564 g/mol. The first-order chi connectivity index (χ1) is 21.8. The SMILES string of the molecule is C=CC(=O)O.CCCCCCCCCCCCCCCCCC(=O)O.CCCCCCCCCCCCCCCCCC(=O)O. The van der Waals surface area contributed by atoms with Gasteiger partial charge in [-0.1, -0.05) is 200 Å². The van der Waals surface area contributed by atoms with Gasteiger partial charge in [0.2, 0.25) is 0 Å². The van der Waals surface area contributed by atoms with Crippen molar-refractivity contribution in [1.82, 2.24) is 0 Å². The van der Waals surface area contributed by atoms with Gasteiger partial charge in [0.1, 0.15) is 0 Å². The van der Waals surface area contributed by atoms with Crippen molar-refractivity contribution in [1.29, 1.82) is 0 Å². The zero-order chi connectivity index (χ0) is 34.1. The molecule has 0 heterocycles. The predicted octanol–water partition coefficient (Wildman–Crippen LogP) is 12.9. The van der Waals surface area contributed by atoms with Crippen molar-refractivity contribution in [3.05, 3.63) is 12.7 Å². The smallest absolute Gasteiger partial charge is 0.327 e. The fourth-order valence-electron chi connectivity index (χ4n) is 5.30. The molecule has 0 saturated carbocycles. The highest BCUT2D eigenvalue weighted by Gasteiger charge is 1.98. The van der Waals surface area contributed by atoms with Gasteiger partial charge < -0.3 is 15.3 Å². The summed E-state index contributed by atoms with van der Waals surface area (Å²) in [5.41, 5.74) is 0. The van der Waals surface area contributed by atoms with E-state index in [1.165, 1.54) is 167 Å². The summed E-state index contributed by atoms with van der Waals surface area (Å²) in [6.45, 7) is 7.50. The number of carboxylic acids is 3. The van der Waals surface area contributed by atoms with Crippen LogP contribution in [0.2, 0.25) is 0 Å². The van der Waals surface area contributed by atoms with Gasteiger partial charge in [-0.05, 0) is 12.8 Å². The summed E-state index contributed by atoms with van der Waals surface area (Å²) >= 11 is 0. The fraction of sp³-hybridized carbons (Fsp3) is 0.872. The van der Waals surface area contributed by atoms with Crippen molar-refractivity contribution >= 4 is 17.9 Å². The molecule has 0 unspecified atom stereocenters. The molecule has 268 valence electrons. The fourth-order valence-corrected chi connectivity index (χ4v) is 5.30. The van der Waals surface area contributed by atoms with Gasteiger partial charge in [-0.2, -0.15) is 0 Å². The Morgan fingerprint density at radius 2 is 0.533 bits per heavy atom. The number of unbranched alkanes of at least 4 members (excludes halogenated alkanes) is 28. The first-order valence-corrected chi connectivity index (χ1v) is 19.1. The third kappa shape index (κ3) is 58.3. The lowest BCUT2D eigenvalue weighted by molar-refractivity contribution is -0.138. The van der Waals surface area contributed by atoms with E-state index >= 15 is 0 Å².